The molecule has 0 amide bonds. The van der Waals surface area contributed by atoms with E-state index in [9.17, 15) is 9.90 Å². The lowest BCUT2D eigenvalue weighted by atomic mass is 9.39. The zero-order chi connectivity index (χ0) is 41.0. The Bertz CT molecular complexity index is 2250. The minimum Gasteiger partial charge on any atom is -0.476 e. The van der Waals surface area contributed by atoms with Crippen LogP contribution >= 0.6 is 11.3 Å². The van der Waals surface area contributed by atoms with Crippen LogP contribution in [0.1, 0.15) is 119 Å². The summed E-state index contributed by atoms with van der Waals surface area (Å²) in [4.78, 5) is 27.0. The van der Waals surface area contributed by atoms with E-state index in [1.807, 2.05) is 43.0 Å². The number of aromatic carboxylic acids is 1. The second-order valence-electron chi connectivity index (χ2n) is 19.2. The Labute approximate surface area is 351 Å². The molecule has 2 aliphatic heterocycles. The summed E-state index contributed by atoms with van der Waals surface area (Å²) < 4.78 is 8.15. The van der Waals surface area contributed by atoms with E-state index in [1.165, 1.54) is 51.4 Å². The molecule has 0 radical (unpaired) electrons. The number of ether oxygens (including phenoxy) is 1. The molecule has 5 heterocycles. The molecule has 1 saturated heterocycles. The highest BCUT2D eigenvalue weighted by Crippen LogP contribution is 2.71. The van der Waals surface area contributed by atoms with Crippen molar-refractivity contribution in [3.8, 4) is 0 Å². The fourth-order valence-corrected chi connectivity index (χ4v) is 13.5. The summed E-state index contributed by atoms with van der Waals surface area (Å²) in [6.45, 7) is 14.6. The van der Waals surface area contributed by atoms with Crippen molar-refractivity contribution in [2.75, 3.05) is 49.5 Å². The molecule has 2 atom stereocenters. The number of likely N-dealkylation sites (tertiary alicyclic amines) is 1. The number of fused-ring (bicyclic) bond motifs is 2. The molecule has 312 valence electrons. The van der Waals surface area contributed by atoms with E-state index < -0.39 is 5.97 Å². The molecule has 12 nitrogen and oxygen atoms in total. The van der Waals surface area contributed by atoms with Gasteiger partial charge in [0.15, 0.2) is 22.5 Å². The van der Waals surface area contributed by atoms with Crippen LogP contribution in [0.2, 0.25) is 0 Å². The number of rotatable bonds is 13. The molecular formula is C46H59N9O3S. The maximum atomic E-state index is 12.9. The zero-order valence-corrected chi connectivity index (χ0v) is 35.9. The summed E-state index contributed by atoms with van der Waals surface area (Å²) in [6.07, 6.45) is 15.1. The number of allylic oxidation sites excluding steroid dienone is 2. The molecule has 4 aliphatic carbocycles. The van der Waals surface area contributed by atoms with Crippen LogP contribution in [0.4, 0.5) is 22.6 Å². The number of nitrogens with one attached hydrogen (secondary N) is 3. The SMILES string of the molecule is C/C(NCC12CC3(C)CC(C)(C1)CC(OCCN1CCCCCC1)(C3)C2)=C(/C=N)c1ccc(N2CCCc3c2nnc(Nc2nc4ccccc4s2)c3C)nc1C(=O)O. The third kappa shape index (κ3) is 7.86. The molecule has 6 aliphatic rings. The van der Waals surface area contributed by atoms with Crippen molar-refractivity contribution in [1.29, 1.82) is 5.41 Å². The molecule has 59 heavy (non-hydrogen) atoms. The molecule has 4 saturated carbocycles. The van der Waals surface area contributed by atoms with Gasteiger partial charge in [0, 0.05) is 53.8 Å². The normalized spacial score (nSPS) is 28.2. The van der Waals surface area contributed by atoms with Gasteiger partial charge < -0.3 is 35.7 Å². The minimum atomic E-state index is -1.13. The Balaban J connectivity index is 0.935. The van der Waals surface area contributed by atoms with Crippen molar-refractivity contribution >= 4 is 61.9 Å². The molecule has 5 fully saturated rings. The number of carboxylic acid groups (broad SMARTS) is 1. The minimum absolute atomic E-state index is 0.0670. The molecular weight excluding hydrogens is 759 g/mol. The summed E-state index contributed by atoms with van der Waals surface area (Å²) in [5, 5.41) is 36.2. The molecule has 10 rings (SSSR count). The number of hydrogen-bond donors (Lipinski definition) is 4. The highest BCUT2D eigenvalue weighted by atomic mass is 32.1. The molecule has 4 aromatic rings. The smallest absolute Gasteiger partial charge is 0.355 e. The maximum Gasteiger partial charge on any atom is 0.355 e. The van der Waals surface area contributed by atoms with E-state index in [4.69, 9.17) is 20.1 Å². The molecule has 4 N–H and O–H groups in total. The number of carboxylic acids is 1. The topological polar surface area (TPSA) is 152 Å². The Hall–Kier alpha value is -4.46. The van der Waals surface area contributed by atoms with Gasteiger partial charge in [-0.3, -0.25) is 0 Å². The van der Waals surface area contributed by atoms with Crippen molar-refractivity contribution in [1.82, 2.24) is 30.4 Å². The first kappa shape index (κ1) is 40.0. The average Bonchev–Trinajstić information content (AvgIpc) is 3.42. The lowest BCUT2D eigenvalue weighted by molar-refractivity contribution is -0.243. The van der Waals surface area contributed by atoms with Crippen LogP contribution in [0.25, 0.3) is 15.8 Å². The van der Waals surface area contributed by atoms with E-state index >= 15 is 0 Å². The highest BCUT2D eigenvalue weighted by molar-refractivity contribution is 7.22. The summed E-state index contributed by atoms with van der Waals surface area (Å²) >= 11 is 1.57. The number of thiazole rings is 1. The second-order valence-corrected chi connectivity index (χ2v) is 20.2. The first-order valence-corrected chi connectivity index (χ1v) is 22.5. The summed E-state index contributed by atoms with van der Waals surface area (Å²) in [5.74, 6) is 0.706. The fraction of sp³-hybridized carbons (Fsp3) is 0.565. The van der Waals surface area contributed by atoms with Crippen molar-refractivity contribution in [2.45, 2.75) is 110 Å². The van der Waals surface area contributed by atoms with E-state index in [0.717, 1.165) is 96.8 Å². The number of benzene rings is 1. The van der Waals surface area contributed by atoms with Crippen LogP contribution in [0.5, 0.6) is 0 Å². The first-order valence-electron chi connectivity index (χ1n) is 21.7. The van der Waals surface area contributed by atoms with E-state index in [1.54, 1.807) is 17.4 Å². The molecule has 13 heteroatoms. The third-order valence-electron chi connectivity index (χ3n) is 14.0. The number of nitrogens with zero attached hydrogens (tertiary/aromatic N) is 6. The van der Waals surface area contributed by atoms with Crippen LogP contribution in [0.3, 0.4) is 0 Å². The summed E-state index contributed by atoms with van der Waals surface area (Å²) in [5.41, 5.74) is 5.06. The van der Waals surface area contributed by atoms with Crippen LogP contribution in [0, 0.1) is 28.6 Å². The predicted molar refractivity (Wildman–Crippen MR) is 236 cm³/mol. The lowest BCUT2D eigenvalue weighted by Crippen LogP contribution is -2.65. The number of aromatic nitrogens is 4. The van der Waals surface area contributed by atoms with Gasteiger partial charge in [0.25, 0.3) is 0 Å². The fourth-order valence-electron chi connectivity index (χ4n) is 12.7. The van der Waals surface area contributed by atoms with Gasteiger partial charge in [0.2, 0.25) is 0 Å². The van der Waals surface area contributed by atoms with Crippen molar-refractivity contribution < 1.29 is 14.6 Å². The number of carbonyl (C=O) groups is 1. The third-order valence-corrected chi connectivity index (χ3v) is 15.0. The van der Waals surface area contributed by atoms with Crippen molar-refractivity contribution in [3.05, 3.63) is 64.5 Å². The van der Waals surface area contributed by atoms with Gasteiger partial charge in [0.1, 0.15) is 5.82 Å². The van der Waals surface area contributed by atoms with Gasteiger partial charge in [-0.15, -0.1) is 10.2 Å². The number of hydrogen-bond acceptors (Lipinski definition) is 12. The summed E-state index contributed by atoms with van der Waals surface area (Å²) in [6, 6.07) is 11.7. The zero-order valence-electron chi connectivity index (χ0n) is 35.1. The van der Waals surface area contributed by atoms with E-state index in [0.29, 0.717) is 35.1 Å². The summed E-state index contributed by atoms with van der Waals surface area (Å²) in [7, 11) is 0. The number of para-hydroxylation sites is 1. The molecule has 4 bridgehead atoms. The van der Waals surface area contributed by atoms with Gasteiger partial charge in [0.05, 0.1) is 22.4 Å². The predicted octanol–water partition coefficient (Wildman–Crippen LogP) is 9.30. The Morgan fingerprint density at radius 3 is 2.44 bits per heavy atom. The van der Waals surface area contributed by atoms with Crippen LogP contribution < -0.4 is 15.5 Å². The van der Waals surface area contributed by atoms with E-state index in [2.05, 4.69) is 45.6 Å². The lowest BCUT2D eigenvalue weighted by Gasteiger charge is -2.69. The van der Waals surface area contributed by atoms with Crippen molar-refractivity contribution in [2.24, 2.45) is 16.2 Å². The van der Waals surface area contributed by atoms with Crippen LogP contribution in [0.15, 0.2) is 42.1 Å². The Morgan fingerprint density at radius 2 is 1.71 bits per heavy atom. The largest absolute Gasteiger partial charge is 0.476 e. The highest BCUT2D eigenvalue weighted by Gasteiger charge is 2.66. The van der Waals surface area contributed by atoms with Gasteiger partial charge in [-0.1, -0.05) is 50.2 Å². The average molecular weight is 818 g/mol. The van der Waals surface area contributed by atoms with Crippen molar-refractivity contribution in [3.63, 3.8) is 0 Å². The van der Waals surface area contributed by atoms with E-state index in [-0.39, 0.29) is 27.5 Å². The van der Waals surface area contributed by atoms with Gasteiger partial charge in [-0.05, 0) is 132 Å². The molecule has 0 spiro atoms. The molecule has 2 unspecified atom stereocenters. The standard InChI is InChI=1S/C46H59N9O3S/c1-30-32-12-11-19-55(40(32)53-52-39(30)51-42-49-35-13-7-8-14-36(35)59-42)37-16-15-33(38(50-37)41(56)57)34(22-47)31(2)48-29-45-24-43(3)23-44(4,25-45)27-46(26-43,28-45)58-21-20-54-17-9-5-6-10-18-54/h7-8,13-16,22,47-48H,5-6,9-12,17-21,23-29H2,1-4H3,(H,56,57)(H,49,51,52)/b34-31+,47-22?. The Morgan fingerprint density at radius 1 is 0.949 bits per heavy atom. The van der Waals surface area contributed by atoms with Crippen LogP contribution in [-0.2, 0) is 11.2 Å². The quantitative estimate of drug-likeness (QED) is 0.0956. The van der Waals surface area contributed by atoms with Gasteiger partial charge >= 0.3 is 5.97 Å². The molecule has 3 aromatic heterocycles. The monoisotopic (exact) mass is 817 g/mol. The van der Waals surface area contributed by atoms with Crippen LogP contribution in [-0.4, -0.2) is 87.3 Å². The Kier molecular flexibility index (Phi) is 10.5. The first-order chi connectivity index (χ1) is 28.4. The van der Waals surface area contributed by atoms with Gasteiger partial charge in [-0.25, -0.2) is 14.8 Å². The number of pyridine rings is 1. The van der Waals surface area contributed by atoms with Gasteiger partial charge in [-0.2, -0.15) is 0 Å². The number of anilines is 4. The maximum absolute atomic E-state index is 12.9. The molecule has 1 aromatic carbocycles. The second kappa shape index (κ2) is 15.5.